The van der Waals surface area contributed by atoms with Gasteiger partial charge in [-0.1, -0.05) is 25.4 Å². The third-order valence-corrected chi connectivity index (χ3v) is 2.90. The van der Waals surface area contributed by atoms with Gasteiger partial charge in [0.05, 0.1) is 12.7 Å². The maximum atomic E-state index is 12.4. The zero-order valence-corrected chi connectivity index (χ0v) is 12.0. The molecular formula is C14H20ClNO2. The van der Waals surface area contributed by atoms with E-state index in [1.165, 1.54) is 0 Å². The highest BCUT2D eigenvalue weighted by atomic mass is 35.5. The number of benzene rings is 1. The van der Waals surface area contributed by atoms with E-state index in [-0.39, 0.29) is 5.91 Å². The third kappa shape index (κ3) is 3.64. The lowest BCUT2D eigenvalue weighted by Gasteiger charge is -2.22. The number of carbonyl (C=O) groups excluding carboxylic acids is 1. The molecule has 0 spiro atoms. The van der Waals surface area contributed by atoms with Crippen LogP contribution in [0.25, 0.3) is 0 Å². The number of halogens is 1. The number of nitrogens with zero attached hydrogens (tertiary/aromatic N) is 1. The van der Waals surface area contributed by atoms with Gasteiger partial charge in [0.15, 0.2) is 0 Å². The van der Waals surface area contributed by atoms with E-state index in [1.807, 2.05) is 4.90 Å². The summed E-state index contributed by atoms with van der Waals surface area (Å²) in [5, 5.41) is 0.548. The fourth-order valence-electron chi connectivity index (χ4n) is 1.87. The highest BCUT2D eigenvalue weighted by Crippen LogP contribution is 2.24. The lowest BCUT2D eigenvalue weighted by atomic mass is 10.1. The van der Waals surface area contributed by atoms with Crippen molar-refractivity contribution < 1.29 is 9.53 Å². The fraction of sp³-hybridized carbons (Fsp3) is 0.500. The normalized spacial score (nSPS) is 10.2. The smallest absolute Gasteiger partial charge is 0.257 e. The Labute approximate surface area is 114 Å². The zero-order chi connectivity index (χ0) is 13.5. The number of carbonyl (C=O) groups is 1. The predicted octanol–water partition coefficient (Wildman–Crippen LogP) is 3.61. The van der Waals surface area contributed by atoms with E-state index in [2.05, 4.69) is 13.8 Å². The quantitative estimate of drug-likeness (QED) is 0.790. The van der Waals surface area contributed by atoms with E-state index >= 15 is 0 Å². The van der Waals surface area contributed by atoms with Gasteiger partial charge in [0.1, 0.15) is 5.75 Å². The predicted molar refractivity (Wildman–Crippen MR) is 74.5 cm³/mol. The van der Waals surface area contributed by atoms with Crippen LogP contribution < -0.4 is 4.74 Å². The van der Waals surface area contributed by atoms with Gasteiger partial charge >= 0.3 is 0 Å². The number of hydrogen-bond donors (Lipinski definition) is 0. The maximum Gasteiger partial charge on any atom is 0.257 e. The number of methoxy groups -OCH3 is 1. The van der Waals surface area contributed by atoms with Crippen LogP contribution in [0, 0.1) is 0 Å². The van der Waals surface area contributed by atoms with Crippen LogP contribution in [0.5, 0.6) is 5.75 Å². The van der Waals surface area contributed by atoms with Crippen molar-refractivity contribution in [2.75, 3.05) is 20.2 Å². The van der Waals surface area contributed by atoms with Gasteiger partial charge in [0, 0.05) is 18.1 Å². The topological polar surface area (TPSA) is 29.5 Å². The van der Waals surface area contributed by atoms with Gasteiger partial charge in [-0.2, -0.15) is 0 Å². The number of amides is 1. The Balaban J connectivity index is 3.02. The first-order valence-electron chi connectivity index (χ1n) is 6.26. The molecule has 0 aliphatic carbocycles. The monoisotopic (exact) mass is 269 g/mol. The molecule has 0 N–H and O–H groups in total. The van der Waals surface area contributed by atoms with E-state index in [1.54, 1.807) is 25.3 Å². The lowest BCUT2D eigenvalue weighted by Crippen LogP contribution is -2.32. The summed E-state index contributed by atoms with van der Waals surface area (Å²) < 4.78 is 5.22. The average Bonchev–Trinajstić information content (AvgIpc) is 2.37. The van der Waals surface area contributed by atoms with Crippen LogP contribution in [-0.2, 0) is 0 Å². The molecule has 0 radical (unpaired) electrons. The molecule has 1 amide bonds. The first-order valence-corrected chi connectivity index (χ1v) is 6.64. The summed E-state index contributed by atoms with van der Waals surface area (Å²) in [5.41, 5.74) is 0.534. The molecule has 0 aliphatic heterocycles. The van der Waals surface area contributed by atoms with Crippen molar-refractivity contribution in [2.45, 2.75) is 26.7 Å². The minimum absolute atomic E-state index is 0.0157. The van der Waals surface area contributed by atoms with E-state index in [9.17, 15) is 4.79 Å². The summed E-state index contributed by atoms with van der Waals surface area (Å²) in [7, 11) is 1.56. The van der Waals surface area contributed by atoms with Crippen LogP contribution in [-0.4, -0.2) is 31.0 Å². The summed E-state index contributed by atoms with van der Waals surface area (Å²) >= 11 is 5.95. The molecule has 0 saturated heterocycles. The van der Waals surface area contributed by atoms with Crippen molar-refractivity contribution in [1.82, 2.24) is 4.90 Å². The first-order chi connectivity index (χ1) is 8.63. The minimum atomic E-state index is -0.0157. The van der Waals surface area contributed by atoms with Crippen molar-refractivity contribution in [1.29, 1.82) is 0 Å². The molecule has 1 aromatic rings. The Morgan fingerprint density at radius 3 is 2.39 bits per heavy atom. The molecule has 0 atom stereocenters. The van der Waals surface area contributed by atoms with Gasteiger partial charge in [-0.25, -0.2) is 0 Å². The Hall–Kier alpha value is -1.22. The van der Waals surface area contributed by atoms with E-state index in [0.717, 1.165) is 25.9 Å². The Bertz CT molecular complexity index is 401. The molecule has 0 aliphatic rings. The Morgan fingerprint density at radius 2 is 1.89 bits per heavy atom. The summed E-state index contributed by atoms with van der Waals surface area (Å²) in [5.74, 6) is 0.555. The fourth-order valence-corrected chi connectivity index (χ4v) is 2.04. The first kappa shape index (κ1) is 14.8. The molecular weight excluding hydrogens is 250 g/mol. The second kappa shape index (κ2) is 7.27. The molecule has 1 rings (SSSR count). The van der Waals surface area contributed by atoms with Crippen molar-refractivity contribution in [3.63, 3.8) is 0 Å². The van der Waals surface area contributed by atoms with Gasteiger partial charge in [0.2, 0.25) is 0 Å². The van der Waals surface area contributed by atoms with Crippen molar-refractivity contribution in [3.05, 3.63) is 28.8 Å². The maximum absolute atomic E-state index is 12.4. The molecule has 3 nitrogen and oxygen atoms in total. The molecule has 0 aromatic heterocycles. The van der Waals surface area contributed by atoms with Crippen LogP contribution in [0.15, 0.2) is 18.2 Å². The van der Waals surface area contributed by atoms with Gasteiger partial charge in [-0.05, 0) is 31.0 Å². The summed E-state index contributed by atoms with van der Waals surface area (Å²) in [4.78, 5) is 14.3. The molecule has 4 heteroatoms. The largest absolute Gasteiger partial charge is 0.496 e. The molecule has 0 saturated carbocycles. The molecule has 0 heterocycles. The molecule has 0 fully saturated rings. The SMILES string of the molecule is CCCN(CCC)C(=O)c1cc(Cl)ccc1OC. The number of hydrogen-bond acceptors (Lipinski definition) is 2. The number of rotatable bonds is 6. The second-order valence-corrected chi connectivity index (χ2v) is 4.57. The van der Waals surface area contributed by atoms with Crippen LogP contribution in [0.2, 0.25) is 5.02 Å². The van der Waals surface area contributed by atoms with E-state index in [4.69, 9.17) is 16.3 Å². The van der Waals surface area contributed by atoms with Crippen molar-refractivity contribution in [3.8, 4) is 5.75 Å². The second-order valence-electron chi connectivity index (χ2n) is 4.14. The summed E-state index contributed by atoms with van der Waals surface area (Å²) in [6, 6.07) is 5.12. The minimum Gasteiger partial charge on any atom is -0.496 e. The van der Waals surface area contributed by atoms with Crippen molar-refractivity contribution >= 4 is 17.5 Å². The molecule has 18 heavy (non-hydrogen) atoms. The van der Waals surface area contributed by atoms with Gasteiger partial charge < -0.3 is 9.64 Å². The van der Waals surface area contributed by atoms with Crippen LogP contribution in [0.4, 0.5) is 0 Å². The average molecular weight is 270 g/mol. The Kier molecular flexibility index (Phi) is 5.99. The standard InChI is InChI=1S/C14H20ClNO2/c1-4-8-16(9-5-2)14(17)12-10-11(15)6-7-13(12)18-3/h6-7,10H,4-5,8-9H2,1-3H3. The highest BCUT2D eigenvalue weighted by Gasteiger charge is 2.18. The Morgan fingerprint density at radius 1 is 1.28 bits per heavy atom. The van der Waals surface area contributed by atoms with Gasteiger partial charge in [-0.3, -0.25) is 4.79 Å². The summed E-state index contributed by atoms with van der Waals surface area (Å²) in [6.45, 7) is 5.63. The van der Waals surface area contributed by atoms with Gasteiger partial charge in [0.25, 0.3) is 5.91 Å². The third-order valence-electron chi connectivity index (χ3n) is 2.67. The highest BCUT2D eigenvalue weighted by molar-refractivity contribution is 6.31. The van der Waals surface area contributed by atoms with E-state index < -0.39 is 0 Å². The summed E-state index contributed by atoms with van der Waals surface area (Å²) in [6.07, 6.45) is 1.88. The van der Waals surface area contributed by atoms with Crippen LogP contribution in [0.3, 0.4) is 0 Å². The van der Waals surface area contributed by atoms with Crippen LogP contribution >= 0.6 is 11.6 Å². The number of ether oxygens (including phenoxy) is 1. The lowest BCUT2D eigenvalue weighted by molar-refractivity contribution is 0.0752. The van der Waals surface area contributed by atoms with Gasteiger partial charge in [-0.15, -0.1) is 0 Å². The molecule has 0 unspecified atom stereocenters. The molecule has 1 aromatic carbocycles. The zero-order valence-electron chi connectivity index (χ0n) is 11.2. The van der Waals surface area contributed by atoms with Crippen LogP contribution in [0.1, 0.15) is 37.0 Å². The molecule has 0 bridgehead atoms. The van der Waals surface area contributed by atoms with Crippen molar-refractivity contribution in [2.24, 2.45) is 0 Å². The van der Waals surface area contributed by atoms with E-state index in [0.29, 0.717) is 16.3 Å². The molecule has 100 valence electrons.